The van der Waals surface area contributed by atoms with Crippen molar-refractivity contribution in [3.63, 3.8) is 0 Å². The second-order valence-corrected chi connectivity index (χ2v) is 15.2. The van der Waals surface area contributed by atoms with Crippen LogP contribution in [0.5, 0.6) is 0 Å². The van der Waals surface area contributed by atoms with Crippen LogP contribution >= 0.6 is 12.6 Å². The molecule has 1 rings (SSSR count). The van der Waals surface area contributed by atoms with E-state index in [9.17, 15) is 63.3 Å². The predicted octanol–water partition coefficient (Wildman–Crippen LogP) is -3.82. The molecule has 0 aliphatic carbocycles. The number of carboxylic acid groups (broad SMARTS) is 3. The van der Waals surface area contributed by atoms with Crippen LogP contribution in [0.1, 0.15) is 70.8 Å². The molecular weight excluding hydrogens is 851 g/mol. The Bertz CT molecular complexity index is 1800. The van der Waals surface area contributed by atoms with Crippen LogP contribution in [0.2, 0.25) is 0 Å². The van der Waals surface area contributed by atoms with Crippen molar-refractivity contribution in [2.45, 2.75) is 114 Å². The molecule has 25 heteroatoms. The number of amides is 7. The molecule has 0 spiro atoms. The Kier molecular flexibility index (Phi) is 24.4. The van der Waals surface area contributed by atoms with Gasteiger partial charge in [0.2, 0.25) is 41.4 Å². The van der Waals surface area contributed by atoms with E-state index in [2.05, 4.69) is 49.5 Å². The van der Waals surface area contributed by atoms with E-state index in [-0.39, 0.29) is 49.9 Å². The molecule has 1 aromatic carbocycles. The molecule has 350 valence electrons. The molecule has 0 radical (unpaired) electrons. The van der Waals surface area contributed by atoms with Gasteiger partial charge < -0.3 is 70.2 Å². The lowest BCUT2D eigenvalue weighted by molar-refractivity contribution is -0.142. The highest BCUT2D eigenvalue weighted by Gasteiger charge is 2.34. The molecule has 0 aliphatic rings. The first-order valence-electron chi connectivity index (χ1n) is 19.8. The van der Waals surface area contributed by atoms with Crippen molar-refractivity contribution < 1.29 is 63.3 Å². The fourth-order valence-corrected chi connectivity index (χ4v) is 6.00. The molecule has 0 aromatic heterocycles. The van der Waals surface area contributed by atoms with E-state index in [4.69, 9.17) is 22.9 Å². The number of guanidine groups is 1. The first-order chi connectivity index (χ1) is 29.5. The number of rotatable bonds is 30. The number of carboxylic acids is 3. The number of nitrogens with two attached hydrogens (primary N) is 4. The zero-order chi connectivity index (χ0) is 47.8. The third-order valence-electron chi connectivity index (χ3n) is 8.95. The summed E-state index contributed by atoms with van der Waals surface area (Å²) in [4.78, 5) is 131. The number of hydrogen-bond acceptors (Lipinski definition) is 13. The van der Waals surface area contributed by atoms with Crippen LogP contribution < -0.4 is 54.8 Å². The van der Waals surface area contributed by atoms with E-state index in [1.807, 2.05) is 0 Å². The van der Waals surface area contributed by atoms with Gasteiger partial charge in [-0.3, -0.25) is 48.1 Å². The molecular formula is C38H59N11O13S. The van der Waals surface area contributed by atoms with Crippen molar-refractivity contribution >= 4 is 77.8 Å². The molecule has 24 nitrogen and oxygen atoms in total. The molecule has 0 unspecified atom stereocenters. The van der Waals surface area contributed by atoms with E-state index in [1.165, 1.54) is 0 Å². The van der Waals surface area contributed by atoms with Gasteiger partial charge in [-0.2, -0.15) is 12.6 Å². The lowest BCUT2D eigenvalue weighted by Crippen LogP contribution is -2.60. The Morgan fingerprint density at radius 1 is 0.619 bits per heavy atom. The molecule has 63 heavy (non-hydrogen) atoms. The molecule has 0 bridgehead atoms. The van der Waals surface area contributed by atoms with Gasteiger partial charge in [0, 0.05) is 31.6 Å². The maximum atomic E-state index is 13.9. The standard InChI is InChI=1S/C38H59N11O13S/c1-19(2)15-25(35(59)48-26(37(61)62)16-20-7-4-3-5-8-20)47-32(56)22(9-6-14-43-38(41)42)44-33(57)23(10-12-29(51)52)45-34(58)24(11-13-30(53)54)46-36(60)27(18-63)49-31(55)21(39)17-28(40)50/h3-5,7-8,19,21-27,63H,6,9-18,39H2,1-2H3,(H2,40,50)(H,44,57)(H,45,58)(H,46,60)(H,47,56)(H,48,59)(H,49,55)(H,51,52)(H,53,54)(H,61,62)(H4,41,42,43)/t21-,22-,23-,24-,25-,26-,27-/m0/s1. The highest BCUT2D eigenvalue weighted by molar-refractivity contribution is 7.80. The van der Waals surface area contributed by atoms with E-state index in [0.717, 1.165) is 0 Å². The number of benzene rings is 1. The van der Waals surface area contributed by atoms with Crippen molar-refractivity contribution in [3.8, 4) is 0 Å². The average molecular weight is 910 g/mol. The number of aliphatic carboxylic acids is 3. The number of thiol groups is 1. The summed E-state index contributed by atoms with van der Waals surface area (Å²) in [5, 5.41) is 42.9. The van der Waals surface area contributed by atoms with Crippen LogP contribution in [0.15, 0.2) is 35.3 Å². The topological polar surface area (TPSA) is 420 Å². The Hall–Kier alpha value is -6.50. The van der Waals surface area contributed by atoms with Crippen LogP contribution in [-0.4, -0.2) is 135 Å². The first kappa shape index (κ1) is 54.5. The van der Waals surface area contributed by atoms with Gasteiger partial charge in [-0.25, -0.2) is 4.79 Å². The van der Waals surface area contributed by atoms with Gasteiger partial charge in [0.15, 0.2) is 5.96 Å². The van der Waals surface area contributed by atoms with Crippen molar-refractivity contribution in [3.05, 3.63) is 35.9 Å². The van der Waals surface area contributed by atoms with Gasteiger partial charge in [-0.1, -0.05) is 44.2 Å². The summed E-state index contributed by atoms with van der Waals surface area (Å²) >= 11 is 4.02. The first-order valence-corrected chi connectivity index (χ1v) is 20.4. The molecule has 17 N–H and O–H groups in total. The number of carbonyl (C=O) groups is 10. The molecule has 0 aliphatic heterocycles. The third kappa shape index (κ3) is 22.2. The SMILES string of the molecule is CC(C)C[C@H](NC(=O)[C@H](CCCN=C(N)N)NC(=O)[C@H](CCC(=O)O)NC(=O)[C@H](CCC(=O)O)NC(=O)[C@H](CS)NC(=O)[C@@H](N)CC(N)=O)C(=O)N[C@@H](Cc1ccccc1)C(=O)O. The maximum Gasteiger partial charge on any atom is 0.326 e. The Labute approximate surface area is 368 Å². The number of hydrogen-bond donors (Lipinski definition) is 14. The highest BCUT2D eigenvalue weighted by atomic mass is 32.1. The summed E-state index contributed by atoms with van der Waals surface area (Å²) < 4.78 is 0. The van der Waals surface area contributed by atoms with E-state index in [1.54, 1.807) is 44.2 Å². The van der Waals surface area contributed by atoms with Gasteiger partial charge in [0.25, 0.3) is 0 Å². The second-order valence-electron chi connectivity index (χ2n) is 14.8. The predicted molar refractivity (Wildman–Crippen MR) is 228 cm³/mol. The summed E-state index contributed by atoms with van der Waals surface area (Å²) in [5.41, 5.74) is 22.2. The maximum absolute atomic E-state index is 13.9. The van der Waals surface area contributed by atoms with Crippen LogP contribution in [0, 0.1) is 5.92 Å². The number of nitrogens with zero attached hydrogens (tertiary/aromatic N) is 1. The minimum atomic E-state index is -1.72. The fourth-order valence-electron chi connectivity index (χ4n) is 5.74. The zero-order valence-electron chi connectivity index (χ0n) is 34.9. The summed E-state index contributed by atoms with van der Waals surface area (Å²) in [5.74, 6) is -11.9. The average Bonchev–Trinajstić information content (AvgIpc) is 3.19. The van der Waals surface area contributed by atoms with Gasteiger partial charge in [0.05, 0.1) is 12.5 Å². The van der Waals surface area contributed by atoms with Crippen molar-refractivity contribution in [1.29, 1.82) is 0 Å². The smallest absolute Gasteiger partial charge is 0.326 e. The summed E-state index contributed by atoms with van der Waals surface area (Å²) in [7, 11) is 0. The minimum Gasteiger partial charge on any atom is -0.481 e. The molecule has 7 atom stereocenters. The van der Waals surface area contributed by atoms with Crippen LogP contribution in [-0.2, 0) is 54.4 Å². The van der Waals surface area contributed by atoms with Crippen molar-refractivity contribution in [2.24, 2.45) is 33.8 Å². The van der Waals surface area contributed by atoms with Gasteiger partial charge in [0.1, 0.15) is 36.3 Å². The molecule has 7 amide bonds. The van der Waals surface area contributed by atoms with Gasteiger partial charge in [-0.15, -0.1) is 0 Å². The quantitative estimate of drug-likeness (QED) is 0.0152. The summed E-state index contributed by atoms with van der Waals surface area (Å²) in [6.45, 7) is 3.48. The van der Waals surface area contributed by atoms with Gasteiger partial charge >= 0.3 is 17.9 Å². The van der Waals surface area contributed by atoms with E-state index < -0.39 is 134 Å². The fraction of sp³-hybridized carbons (Fsp3) is 0.553. The van der Waals surface area contributed by atoms with Crippen molar-refractivity contribution in [1.82, 2.24) is 31.9 Å². The number of aliphatic imine (C=N–C) groups is 1. The Balaban J connectivity index is 3.44. The normalized spacial score (nSPS) is 14.2. The van der Waals surface area contributed by atoms with Gasteiger partial charge in [-0.05, 0) is 43.6 Å². The molecule has 1 aromatic rings. The van der Waals surface area contributed by atoms with Crippen LogP contribution in [0.3, 0.4) is 0 Å². The number of nitrogens with one attached hydrogen (secondary N) is 6. The number of primary amides is 1. The van der Waals surface area contributed by atoms with Crippen LogP contribution in [0.4, 0.5) is 0 Å². The molecule has 0 saturated heterocycles. The monoisotopic (exact) mass is 909 g/mol. The summed E-state index contributed by atoms with van der Waals surface area (Å²) in [6.07, 6.45) is -3.22. The van der Waals surface area contributed by atoms with E-state index in [0.29, 0.717) is 5.56 Å². The molecule has 0 saturated carbocycles. The van der Waals surface area contributed by atoms with Crippen LogP contribution in [0.25, 0.3) is 0 Å². The van der Waals surface area contributed by atoms with E-state index >= 15 is 0 Å². The molecule has 0 heterocycles. The van der Waals surface area contributed by atoms with Crippen molar-refractivity contribution in [2.75, 3.05) is 12.3 Å². The zero-order valence-corrected chi connectivity index (χ0v) is 35.8. The highest BCUT2D eigenvalue weighted by Crippen LogP contribution is 2.11. The lowest BCUT2D eigenvalue weighted by Gasteiger charge is -2.28. The lowest BCUT2D eigenvalue weighted by atomic mass is 10.0. The Morgan fingerprint density at radius 2 is 1.05 bits per heavy atom. The largest absolute Gasteiger partial charge is 0.481 e. The minimum absolute atomic E-state index is 0.0212. The Morgan fingerprint density at radius 3 is 1.48 bits per heavy atom. The number of carbonyl (C=O) groups excluding carboxylic acids is 7. The molecule has 0 fully saturated rings. The summed E-state index contributed by atoms with van der Waals surface area (Å²) in [6, 6.07) is -2.00. The second kappa shape index (κ2) is 28.2. The third-order valence-corrected chi connectivity index (χ3v) is 9.31.